The topological polar surface area (TPSA) is 60.4 Å². The number of unbranched alkanes of at least 4 members (excludes halogenated alkanes) is 1. The zero-order valence-electron chi connectivity index (χ0n) is 12.5. The molecule has 0 aromatic heterocycles. The number of hydrogen-bond acceptors (Lipinski definition) is 5. The molecule has 0 aliphatic carbocycles. The van der Waals surface area contributed by atoms with Crippen molar-refractivity contribution in [1.29, 1.82) is 0 Å². The molecule has 7 heteroatoms. The highest BCUT2D eigenvalue weighted by Crippen LogP contribution is 2.35. The summed E-state index contributed by atoms with van der Waals surface area (Å²) < 4.78 is 1.17. The van der Waals surface area contributed by atoms with Crippen molar-refractivity contribution >= 4 is 62.2 Å². The quantitative estimate of drug-likeness (QED) is 0.530. The smallest absolute Gasteiger partial charge is 0.266 e. The lowest BCUT2D eigenvalue weighted by molar-refractivity contribution is -0.310. The Morgan fingerprint density at radius 3 is 2.87 bits per heavy atom. The van der Waals surface area contributed by atoms with E-state index in [1.807, 2.05) is 31.2 Å². The number of rotatable bonds is 6. The number of nitrogens with zero attached hydrogens (tertiary/aromatic N) is 1. The number of aliphatic carboxylic acids is 1. The second-order valence-corrected chi connectivity index (χ2v) is 7.68. The zero-order valence-corrected chi connectivity index (χ0v) is 15.7. The van der Waals surface area contributed by atoms with E-state index in [1.54, 1.807) is 6.08 Å². The Morgan fingerprint density at radius 1 is 1.52 bits per heavy atom. The summed E-state index contributed by atoms with van der Waals surface area (Å²) in [6.07, 6.45) is 3.60. The molecule has 1 amide bonds. The third kappa shape index (κ3) is 4.43. The number of halogens is 1. The normalized spacial score (nSPS) is 17.8. The number of hydrogen-bond donors (Lipinski definition) is 0. The summed E-state index contributed by atoms with van der Waals surface area (Å²) in [5, 5.41) is 11.4. The van der Waals surface area contributed by atoms with Gasteiger partial charge in [-0.1, -0.05) is 71.8 Å². The molecule has 122 valence electrons. The van der Waals surface area contributed by atoms with Gasteiger partial charge in [0, 0.05) is 4.47 Å². The molecule has 1 aliphatic heterocycles. The van der Waals surface area contributed by atoms with Crippen LogP contribution in [0, 0.1) is 0 Å². The lowest BCUT2D eigenvalue weighted by Crippen LogP contribution is -2.49. The van der Waals surface area contributed by atoms with E-state index in [1.165, 1.54) is 4.90 Å². The van der Waals surface area contributed by atoms with Crippen molar-refractivity contribution in [2.45, 2.75) is 32.2 Å². The molecule has 1 saturated heterocycles. The molecule has 2 rings (SSSR count). The summed E-state index contributed by atoms with van der Waals surface area (Å²) in [4.78, 5) is 25.6. The van der Waals surface area contributed by atoms with Crippen LogP contribution in [0.25, 0.3) is 6.08 Å². The van der Waals surface area contributed by atoms with Gasteiger partial charge in [0.1, 0.15) is 4.32 Å². The molecule has 0 N–H and O–H groups in total. The maximum atomic E-state index is 12.6. The van der Waals surface area contributed by atoms with Crippen LogP contribution in [0.5, 0.6) is 0 Å². The van der Waals surface area contributed by atoms with E-state index in [4.69, 9.17) is 12.2 Å². The zero-order chi connectivity index (χ0) is 17.0. The van der Waals surface area contributed by atoms with Gasteiger partial charge in [-0.05, 0) is 30.2 Å². The van der Waals surface area contributed by atoms with E-state index in [0.29, 0.717) is 17.7 Å². The molecule has 0 bridgehead atoms. The Morgan fingerprint density at radius 2 is 2.26 bits per heavy atom. The highest BCUT2D eigenvalue weighted by atomic mass is 79.9. The summed E-state index contributed by atoms with van der Waals surface area (Å²) in [5.41, 5.74) is 0.846. The number of carbonyl (C=O) groups is 2. The van der Waals surface area contributed by atoms with Gasteiger partial charge in [0.25, 0.3) is 5.91 Å². The van der Waals surface area contributed by atoms with Crippen molar-refractivity contribution in [2.24, 2.45) is 0 Å². The monoisotopic (exact) mass is 412 g/mol. The number of thiocarbonyl (C=S) groups is 1. The largest absolute Gasteiger partial charge is 0.548 e. The standard InChI is InChI=1S/C16H16BrNO3S2/c1-2-3-7-12(15(20)21)18-14(19)13(23-16(18)22)9-10-5-4-6-11(17)8-10/h4-6,8-9,12H,2-3,7H2,1H3,(H,20,21)/p-1/b13-9-/t12-/m1/s1. The Kier molecular flexibility index (Phi) is 6.38. The molecule has 1 aromatic carbocycles. The summed E-state index contributed by atoms with van der Waals surface area (Å²) >= 11 is 9.71. The number of carboxylic acid groups (broad SMARTS) is 1. The molecular weight excluding hydrogens is 398 g/mol. The first kappa shape index (κ1) is 18.2. The highest BCUT2D eigenvalue weighted by Gasteiger charge is 2.37. The van der Waals surface area contributed by atoms with Crippen molar-refractivity contribution in [1.82, 2.24) is 4.90 Å². The van der Waals surface area contributed by atoms with Crippen LogP contribution in [-0.2, 0) is 9.59 Å². The molecule has 1 aliphatic rings. The van der Waals surface area contributed by atoms with E-state index in [9.17, 15) is 14.7 Å². The summed E-state index contributed by atoms with van der Waals surface area (Å²) in [6.45, 7) is 1.96. The minimum atomic E-state index is -1.27. The molecule has 4 nitrogen and oxygen atoms in total. The highest BCUT2D eigenvalue weighted by molar-refractivity contribution is 9.10. The number of carboxylic acids is 1. The Hall–Kier alpha value is -1.18. The van der Waals surface area contributed by atoms with Crippen LogP contribution in [0.2, 0.25) is 0 Å². The lowest BCUT2D eigenvalue weighted by atomic mass is 10.1. The van der Waals surface area contributed by atoms with Gasteiger partial charge in [0.05, 0.1) is 16.9 Å². The van der Waals surface area contributed by atoms with Gasteiger partial charge in [0.2, 0.25) is 0 Å². The molecule has 0 unspecified atom stereocenters. The number of benzene rings is 1. The van der Waals surface area contributed by atoms with Crippen molar-refractivity contribution in [3.05, 3.63) is 39.2 Å². The van der Waals surface area contributed by atoms with E-state index >= 15 is 0 Å². The molecule has 1 aromatic rings. The average Bonchev–Trinajstić information content (AvgIpc) is 2.75. The number of carbonyl (C=O) groups excluding carboxylic acids is 2. The second-order valence-electron chi connectivity index (χ2n) is 5.08. The fourth-order valence-corrected chi connectivity index (χ4v) is 4.02. The van der Waals surface area contributed by atoms with Gasteiger partial charge in [-0.15, -0.1) is 0 Å². The predicted molar refractivity (Wildman–Crippen MR) is 97.5 cm³/mol. The van der Waals surface area contributed by atoms with E-state index < -0.39 is 12.0 Å². The van der Waals surface area contributed by atoms with Gasteiger partial charge in [-0.25, -0.2) is 0 Å². The van der Waals surface area contributed by atoms with Gasteiger partial charge in [-0.2, -0.15) is 0 Å². The summed E-state index contributed by atoms with van der Waals surface area (Å²) in [6, 6.07) is 6.49. The van der Waals surface area contributed by atoms with Crippen molar-refractivity contribution < 1.29 is 14.7 Å². The molecule has 0 radical (unpaired) electrons. The molecule has 0 saturated carbocycles. The fourth-order valence-electron chi connectivity index (χ4n) is 2.25. The van der Waals surface area contributed by atoms with E-state index in [0.717, 1.165) is 28.2 Å². The fraction of sp³-hybridized carbons (Fsp3) is 0.312. The van der Waals surface area contributed by atoms with Gasteiger partial charge in [-0.3, -0.25) is 9.69 Å². The molecule has 1 fully saturated rings. The molecule has 1 atom stereocenters. The van der Waals surface area contributed by atoms with Crippen molar-refractivity contribution in [3.63, 3.8) is 0 Å². The van der Waals surface area contributed by atoms with Crippen LogP contribution < -0.4 is 5.11 Å². The van der Waals surface area contributed by atoms with Crippen LogP contribution in [0.1, 0.15) is 31.7 Å². The molecular formula is C16H15BrNO3S2-. The second kappa shape index (κ2) is 8.08. The molecule has 23 heavy (non-hydrogen) atoms. The van der Waals surface area contributed by atoms with Crippen LogP contribution >= 0.6 is 39.9 Å². The van der Waals surface area contributed by atoms with Crippen LogP contribution in [0.15, 0.2) is 33.6 Å². The number of amides is 1. The van der Waals surface area contributed by atoms with Gasteiger partial charge >= 0.3 is 0 Å². The number of thioether (sulfide) groups is 1. The minimum absolute atomic E-state index is 0.265. The first-order valence-corrected chi connectivity index (χ1v) is 9.19. The lowest BCUT2D eigenvalue weighted by Gasteiger charge is -2.27. The third-order valence-corrected chi connectivity index (χ3v) is 5.21. The van der Waals surface area contributed by atoms with Crippen molar-refractivity contribution in [2.75, 3.05) is 0 Å². The maximum absolute atomic E-state index is 12.6. The Bertz CT molecular complexity index is 675. The minimum Gasteiger partial charge on any atom is -0.548 e. The first-order valence-electron chi connectivity index (χ1n) is 7.17. The summed E-state index contributed by atoms with van der Waals surface area (Å²) in [5.74, 6) is -1.64. The van der Waals surface area contributed by atoms with Crippen LogP contribution in [-0.4, -0.2) is 27.1 Å². The molecule has 1 heterocycles. The summed E-state index contributed by atoms with van der Waals surface area (Å²) in [7, 11) is 0. The Balaban J connectivity index is 2.26. The molecule has 0 spiro atoms. The van der Waals surface area contributed by atoms with E-state index in [2.05, 4.69) is 15.9 Å². The Labute approximate surface area is 153 Å². The van der Waals surface area contributed by atoms with Gasteiger partial charge in [0.15, 0.2) is 0 Å². The predicted octanol–water partition coefficient (Wildman–Crippen LogP) is 2.96. The van der Waals surface area contributed by atoms with Gasteiger partial charge < -0.3 is 9.90 Å². The SMILES string of the molecule is CCCC[C@H](C(=O)[O-])N1C(=O)/C(=C/c2cccc(Br)c2)SC1=S. The van der Waals surface area contributed by atoms with Crippen LogP contribution in [0.3, 0.4) is 0 Å². The van der Waals surface area contributed by atoms with Crippen molar-refractivity contribution in [3.8, 4) is 0 Å². The average molecular weight is 413 g/mol. The maximum Gasteiger partial charge on any atom is 0.266 e. The third-order valence-electron chi connectivity index (χ3n) is 3.38. The first-order chi connectivity index (χ1) is 10.9. The van der Waals surface area contributed by atoms with Crippen LogP contribution in [0.4, 0.5) is 0 Å². The van der Waals surface area contributed by atoms with E-state index in [-0.39, 0.29) is 10.2 Å².